The monoisotopic (exact) mass is 401 g/mol. The Bertz CT molecular complexity index is 961. The van der Waals surface area contributed by atoms with Crippen molar-refractivity contribution in [3.63, 3.8) is 0 Å². The Morgan fingerprint density at radius 3 is 2.59 bits per heavy atom. The fourth-order valence-corrected chi connectivity index (χ4v) is 3.31. The van der Waals surface area contributed by atoms with Gasteiger partial charge in [-0.1, -0.05) is 54.2 Å². The topological polar surface area (TPSA) is 71.8 Å². The largest absolute Gasteiger partial charge is 0.298 e. The first-order valence-corrected chi connectivity index (χ1v) is 9.39. The molecule has 27 heavy (non-hydrogen) atoms. The van der Waals surface area contributed by atoms with Crippen molar-refractivity contribution in [3.05, 3.63) is 77.4 Å². The lowest BCUT2D eigenvalue weighted by Crippen LogP contribution is -2.38. The van der Waals surface area contributed by atoms with Crippen molar-refractivity contribution in [2.75, 3.05) is 5.43 Å². The minimum atomic E-state index is -0.630. The number of thioether (sulfide) groups is 1. The van der Waals surface area contributed by atoms with Gasteiger partial charge >= 0.3 is 0 Å². The molecule has 1 aromatic heterocycles. The van der Waals surface area contributed by atoms with E-state index in [-0.39, 0.29) is 10.7 Å². The van der Waals surface area contributed by atoms with Crippen LogP contribution in [0.3, 0.4) is 0 Å². The molecule has 0 aliphatic heterocycles. The maximum atomic E-state index is 13.7. The molecule has 0 saturated carbocycles. The molecule has 3 rings (SSSR count). The third kappa shape index (κ3) is 4.89. The number of thiocarbonyl (C=S) groups is 1. The first kappa shape index (κ1) is 19.0. The van der Waals surface area contributed by atoms with Crippen LogP contribution in [0.15, 0.2) is 59.8 Å². The Morgan fingerprint density at radius 1 is 1.15 bits per heavy atom. The van der Waals surface area contributed by atoms with E-state index in [4.69, 9.17) is 12.2 Å². The zero-order valence-electron chi connectivity index (χ0n) is 14.3. The third-order valence-corrected chi connectivity index (χ3v) is 4.76. The minimum absolute atomic E-state index is 0.0210. The number of benzene rings is 2. The van der Waals surface area contributed by atoms with Gasteiger partial charge in [-0.25, -0.2) is 9.07 Å². The van der Waals surface area contributed by atoms with E-state index < -0.39 is 11.7 Å². The predicted molar refractivity (Wildman–Crippen MR) is 107 cm³/mol. The molecule has 0 radical (unpaired) electrons. The van der Waals surface area contributed by atoms with E-state index in [1.54, 1.807) is 17.7 Å². The summed E-state index contributed by atoms with van der Waals surface area (Å²) in [5, 5.41) is 11.2. The Morgan fingerprint density at radius 2 is 1.85 bits per heavy atom. The van der Waals surface area contributed by atoms with Gasteiger partial charge in [0.1, 0.15) is 11.6 Å². The van der Waals surface area contributed by atoms with Crippen molar-refractivity contribution in [3.8, 4) is 0 Å². The molecule has 0 saturated heterocycles. The molecular formula is C18H16FN5OS2. The summed E-state index contributed by atoms with van der Waals surface area (Å²) in [6.45, 7) is 1.76. The van der Waals surface area contributed by atoms with Gasteiger partial charge in [-0.3, -0.25) is 15.5 Å². The highest BCUT2D eigenvalue weighted by Gasteiger charge is 2.15. The van der Waals surface area contributed by atoms with Crippen LogP contribution >= 0.6 is 24.0 Å². The third-order valence-electron chi connectivity index (χ3n) is 3.56. The van der Waals surface area contributed by atoms with E-state index in [2.05, 4.69) is 20.9 Å². The number of nitrogens with zero attached hydrogens (tertiary/aromatic N) is 3. The zero-order valence-corrected chi connectivity index (χ0v) is 16.0. The molecule has 0 unspecified atom stereocenters. The fourth-order valence-electron chi connectivity index (χ4n) is 2.23. The molecule has 0 atom stereocenters. The molecule has 3 aromatic rings. The smallest absolute Gasteiger partial charge is 0.260 e. The molecule has 0 bridgehead atoms. The quantitative estimate of drug-likeness (QED) is 0.505. The second-order valence-corrected chi connectivity index (χ2v) is 6.87. The van der Waals surface area contributed by atoms with Gasteiger partial charge in [-0.05, 0) is 36.8 Å². The highest BCUT2D eigenvalue weighted by molar-refractivity contribution is 7.98. The van der Waals surface area contributed by atoms with Crippen LogP contribution in [0.4, 0.5) is 4.39 Å². The second kappa shape index (κ2) is 8.74. The molecule has 1 amide bonds. The van der Waals surface area contributed by atoms with Gasteiger partial charge in [-0.2, -0.15) is 0 Å². The number of nitrogens with one attached hydrogen (secondary N) is 2. The summed E-state index contributed by atoms with van der Waals surface area (Å²) in [6.07, 6.45) is 0. The second-order valence-electron chi connectivity index (χ2n) is 5.51. The van der Waals surface area contributed by atoms with Crippen molar-refractivity contribution in [2.24, 2.45) is 0 Å². The number of halogens is 1. The summed E-state index contributed by atoms with van der Waals surface area (Å²) in [4.78, 5) is 12.2. The fraction of sp³-hybridized carbons (Fsp3) is 0.111. The highest BCUT2D eigenvalue weighted by atomic mass is 32.2. The molecule has 6 nitrogen and oxygen atoms in total. The van der Waals surface area contributed by atoms with E-state index in [0.717, 1.165) is 5.56 Å². The van der Waals surface area contributed by atoms with Crippen molar-refractivity contribution < 1.29 is 9.18 Å². The van der Waals surface area contributed by atoms with E-state index in [0.29, 0.717) is 16.7 Å². The predicted octanol–water partition coefficient (Wildman–Crippen LogP) is 3.28. The van der Waals surface area contributed by atoms with Crippen molar-refractivity contribution >= 4 is 35.0 Å². The Labute approximate surface area is 165 Å². The van der Waals surface area contributed by atoms with Crippen molar-refractivity contribution in [1.29, 1.82) is 0 Å². The van der Waals surface area contributed by atoms with Gasteiger partial charge in [0.2, 0.25) is 5.16 Å². The van der Waals surface area contributed by atoms with Crippen LogP contribution in [0.5, 0.6) is 0 Å². The van der Waals surface area contributed by atoms with Gasteiger partial charge in [0, 0.05) is 5.75 Å². The molecule has 0 spiro atoms. The molecule has 2 N–H and O–H groups in total. The summed E-state index contributed by atoms with van der Waals surface area (Å²) in [6, 6.07) is 15.6. The van der Waals surface area contributed by atoms with Crippen LogP contribution in [0, 0.1) is 12.7 Å². The number of aromatic nitrogens is 3. The number of hydrogen-bond donors (Lipinski definition) is 2. The van der Waals surface area contributed by atoms with Crippen LogP contribution in [0.25, 0.3) is 0 Å². The average molecular weight is 401 g/mol. The maximum Gasteiger partial charge on any atom is 0.260 e. The Balaban J connectivity index is 1.65. The van der Waals surface area contributed by atoms with Crippen LogP contribution in [0.1, 0.15) is 21.7 Å². The van der Waals surface area contributed by atoms with Gasteiger partial charge in [0.25, 0.3) is 5.91 Å². The number of amides is 1. The Kier molecular flexibility index (Phi) is 6.15. The lowest BCUT2D eigenvalue weighted by Gasteiger charge is -2.13. The summed E-state index contributed by atoms with van der Waals surface area (Å²) in [5.41, 5.74) is 3.92. The number of aryl methyl sites for hydroxylation is 1. The van der Waals surface area contributed by atoms with Crippen LogP contribution in [-0.4, -0.2) is 25.9 Å². The van der Waals surface area contributed by atoms with Crippen LogP contribution in [0.2, 0.25) is 0 Å². The summed E-state index contributed by atoms with van der Waals surface area (Å²) >= 11 is 6.64. The maximum absolute atomic E-state index is 13.7. The summed E-state index contributed by atoms with van der Waals surface area (Å²) in [7, 11) is 0. The standard InChI is InChI=1S/C18H16FN5OS2/c1-12-21-22-18(27-11-13-7-3-2-4-8-13)24(12)23-17(26)20-16(25)14-9-5-6-10-15(14)19/h2-10H,11H2,1H3,(H2,20,23,25,26). The van der Waals surface area contributed by atoms with Crippen molar-refractivity contribution in [1.82, 2.24) is 20.2 Å². The van der Waals surface area contributed by atoms with Gasteiger partial charge in [0.05, 0.1) is 5.56 Å². The lowest BCUT2D eigenvalue weighted by molar-refractivity contribution is 0.0973. The summed E-state index contributed by atoms with van der Waals surface area (Å²) in [5.74, 6) is 0.0369. The highest BCUT2D eigenvalue weighted by Crippen LogP contribution is 2.20. The lowest BCUT2D eigenvalue weighted by atomic mass is 10.2. The van der Waals surface area contributed by atoms with Crippen LogP contribution in [-0.2, 0) is 5.75 Å². The van der Waals surface area contributed by atoms with Crippen LogP contribution < -0.4 is 10.7 Å². The first-order valence-electron chi connectivity index (χ1n) is 8.00. The number of carbonyl (C=O) groups excluding carboxylic acids is 1. The first-order chi connectivity index (χ1) is 13.0. The number of hydrogen-bond acceptors (Lipinski definition) is 5. The SMILES string of the molecule is Cc1nnc(SCc2ccccc2)n1NC(=S)NC(=O)c1ccccc1F. The van der Waals surface area contributed by atoms with Gasteiger partial charge in [0.15, 0.2) is 5.11 Å². The van der Waals surface area contributed by atoms with E-state index in [9.17, 15) is 9.18 Å². The van der Waals surface area contributed by atoms with Crippen molar-refractivity contribution in [2.45, 2.75) is 17.8 Å². The van der Waals surface area contributed by atoms with E-state index in [1.807, 2.05) is 30.3 Å². The van der Waals surface area contributed by atoms with E-state index >= 15 is 0 Å². The van der Waals surface area contributed by atoms with E-state index in [1.165, 1.54) is 30.0 Å². The molecule has 0 fully saturated rings. The summed E-state index contributed by atoms with van der Waals surface area (Å²) < 4.78 is 15.3. The normalized spacial score (nSPS) is 10.4. The number of rotatable bonds is 5. The molecule has 138 valence electrons. The molecule has 0 aliphatic carbocycles. The van der Waals surface area contributed by atoms with Gasteiger partial charge in [-0.15, -0.1) is 10.2 Å². The number of carbonyl (C=O) groups is 1. The average Bonchev–Trinajstić information content (AvgIpc) is 3.01. The Hall–Kier alpha value is -2.78. The zero-order chi connectivity index (χ0) is 19.2. The molecule has 9 heteroatoms. The molecule has 2 aromatic carbocycles. The van der Waals surface area contributed by atoms with Gasteiger partial charge < -0.3 is 0 Å². The molecular weight excluding hydrogens is 385 g/mol. The molecule has 0 aliphatic rings. The molecule has 1 heterocycles. The minimum Gasteiger partial charge on any atom is -0.298 e.